The van der Waals surface area contributed by atoms with Gasteiger partial charge in [-0.2, -0.15) is 0 Å². The highest BCUT2D eigenvalue weighted by atomic mass is 15.0. The average Bonchev–Trinajstić information content (AvgIpc) is 2.46. The van der Waals surface area contributed by atoms with Crippen LogP contribution in [0.5, 0.6) is 0 Å². The van der Waals surface area contributed by atoms with Gasteiger partial charge in [0.25, 0.3) is 0 Å². The van der Waals surface area contributed by atoms with Crippen LogP contribution in [0.4, 0.5) is 0 Å². The predicted molar refractivity (Wildman–Crippen MR) is 78.1 cm³/mol. The monoisotopic (exact) mass is 255 g/mol. The lowest BCUT2D eigenvalue weighted by Crippen LogP contribution is -2.21. The molecular formula is C16H21N3. The minimum atomic E-state index is 0.158. The summed E-state index contributed by atoms with van der Waals surface area (Å²) in [5.74, 6) is 1.42. The number of nitrogens with one attached hydrogen (secondary N) is 1. The molecule has 1 N–H and O–H groups in total. The fraction of sp³-hybridized carbons (Fsp3) is 0.375. The van der Waals surface area contributed by atoms with E-state index in [9.17, 15) is 0 Å². The molecule has 0 spiro atoms. The van der Waals surface area contributed by atoms with Crippen molar-refractivity contribution in [2.75, 3.05) is 7.05 Å². The van der Waals surface area contributed by atoms with Crippen molar-refractivity contribution in [1.29, 1.82) is 0 Å². The molecule has 0 aliphatic heterocycles. The minimum Gasteiger partial charge on any atom is -0.310 e. The van der Waals surface area contributed by atoms with Gasteiger partial charge in [-0.3, -0.25) is 0 Å². The molecule has 1 aromatic heterocycles. The van der Waals surface area contributed by atoms with Gasteiger partial charge in [-0.25, -0.2) is 9.97 Å². The topological polar surface area (TPSA) is 37.8 Å². The SMILES string of the molecule is CNC(Cc1ccc(C(C)C)cc1)c1ncccn1. The standard InChI is InChI=1S/C16H21N3/c1-12(2)14-7-5-13(6-8-14)11-15(17-3)16-18-9-4-10-19-16/h4-10,12,15,17H,11H2,1-3H3. The van der Waals surface area contributed by atoms with Crippen molar-refractivity contribution in [3.05, 3.63) is 59.7 Å². The third-order valence-corrected chi connectivity index (χ3v) is 3.33. The summed E-state index contributed by atoms with van der Waals surface area (Å²) in [5.41, 5.74) is 2.68. The number of aromatic nitrogens is 2. The van der Waals surface area contributed by atoms with Gasteiger partial charge in [0.05, 0.1) is 6.04 Å². The quantitative estimate of drug-likeness (QED) is 0.892. The molecule has 1 aromatic carbocycles. The van der Waals surface area contributed by atoms with Crippen molar-refractivity contribution in [2.24, 2.45) is 0 Å². The Morgan fingerprint density at radius 2 is 1.68 bits per heavy atom. The molecule has 0 fully saturated rings. The van der Waals surface area contributed by atoms with Crippen LogP contribution in [-0.2, 0) is 6.42 Å². The number of rotatable bonds is 5. The van der Waals surface area contributed by atoms with Gasteiger partial charge in [0, 0.05) is 12.4 Å². The summed E-state index contributed by atoms with van der Waals surface area (Å²) in [6.45, 7) is 4.42. The van der Waals surface area contributed by atoms with Crippen molar-refractivity contribution in [1.82, 2.24) is 15.3 Å². The molecule has 0 aliphatic rings. The Kier molecular flexibility index (Phi) is 4.63. The second-order valence-corrected chi connectivity index (χ2v) is 5.05. The molecule has 0 bridgehead atoms. The highest BCUT2D eigenvalue weighted by Gasteiger charge is 2.12. The Morgan fingerprint density at radius 1 is 1.05 bits per heavy atom. The number of likely N-dealkylation sites (N-methyl/N-ethyl adjacent to an activating group) is 1. The van der Waals surface area contributed by atoms with Crippen molar-refractivity contribution < 1.29 is 0 Å². The Labute approximate surface area is 115 Å². The van der Waals surface area contributed by atoms with Gasteiger partial charge in [-0.15, -0.1) is 0 Å². The third kappa shape index (κ3) is 3.61. The van der Waals surface area contributed by atoms with Gasteiger partial charge in [0.1, 0.15) is 5.82 Å². The van der Waals surface area contributed by atoms with E-state index in [-0.39, 0.29) is 6.04 Å². The third-order valence-electron chi connectivity index (χ3n) is 3.33. The highest BCUT2D eigenvalue weighted by molar-refractivity contribution is 5.25. The summed E-state index contributed by atoms with van der Waals surface area (Å²) in [4.78, 5) is 8.64. The maximum Gasteiger partial charge on any atom is 0.145 e. The highest BCUT2D eigenvalue weighted by Crippen LogP contribution is 2.18. The molecule has 1 heterocycles. The molecule has 1 unspecified atom stereocenters. The first-order valence-corrected chi connectivity index (χ1v) is 6.73. The zero-order valence-corrected chi connectivity index (χ0v) is 11.8. The smallest absolute Gasteiger partial charge is 0.145 e. The van der Waals surface area contributed by atoms with E-state index in [1.165, 1.54) is 11.1 Å². The molecule has 3 nitrogen and oxygen atoms in total. The minimum absolute atomic E-state index is 0.158. The fourth-order valence-corrected chi connectivity index (χ4v) is 2.09. The van der Waals surface area contributed by atoms with Crippen molar-refractivity contribution in [3.63, 3.8) is 0 Å². The first kappa shape index (κ1) is 13.7. The first-order valence-electron chi connectivity index (χ1n) is 6.73. The van der Waals surface area contributed by atoms with E-state index >= 15 is 0 Å². The van der Waals surface area contributed by atoms with Gasteiger partial charge in [0.15, 0.2) is 0 Å². The van der Waals surface area contributed by atoms with Crippen LogP contribution in [0.3, 0.4) is 0 Å². The summed E-state index contributed by atoms with van der Waals surface area (Å²) >= 11 is 0. The molecule has 19 heavy (non-hydrogen) atoms. The lowest BCUT2D eigenvalue weighted by Gasteiger charge is -2.15. The molecule has 1 atom stereocenters. The van der Waals surface area contributed by atoms with Crippen LogP contribution in [0.25, 0.3) is 0 Å². The van der Waals surface area contributed by atoms with Crippen LogP contribution in [0, 0.1) is 0 Å². The lowest BCUT2D eigenvalue weighted by atomic mass is 9.99. The number of nitrogens with zero attached hydrogens (tertiary/aromatic N) is 2. The molecule has 0 saturated heterocycles. The van der Waals surface area contributed by atoms with E-state index in [1.54, 1.807) is 12.4 Å². The van der Waals surface area contributed by atoms with Crippen molar-refractivity contribution >= 4 is 0 Å². The Balaban J connectivity index is 2.10. The van der Waals surface area contributed by atoms with Crippen LogP contribution in [0.1, 0.15) is 42.8 Å². The van der Waals surface area contributed by atoms with Gasteiger partial charge in [-0.1, -0.05) is 38.1 Å². The normalized spacial score (nSPS) is 12.6. The summed E-state index contributed by atoms with van der Waals surface area (Å²) in [5, 5.41) is 3.28. The first-order chi connectivity index (χ1) is 9.20. The summed E-state index contributed by atoms with van der Waals surface area (Å²) < 4.78 is 0. The van der Waals surface area contributed by atoms with Gasteiger partial charge >= 0.3 is 0 Å². The van der Waals surface area contributed by atoms with Gasteiger partial charge < -0.3 is 5.32 Å². The van der Waals surface area contributed by atoms with E-state index in [0.717, 1.165) is 12.2 Å². The second kappa shape index (κ2) is 6.43. The molecule has 100 valence electrons. The Morgan fingerprint density at radius 3 is 2.21 bits per heavy atom. The van der Waals surface area contributed by atoms with Crippen LogP contribution in [0.2, 0.25) is 0 Å². The van der Waals surface area contributed by atoms with Gasteiger partial charge in [-0.05, 0) is 36.6 Å². The Hall–Kier alpha value is -1.74. The van der Waals surface area contributed by atoms with E-state index in [0.29, 0.717) is 5.92 Å². The number of benzene rings is 1. The van der Waals surface area contributed by atoms with Crippen LogP contribution >= 0.6 is 0 Å². The Bertz CT molecular complexity index is 491. The zero-order chi connectivity index (χ0) is 13.7. The van der Waals surface area contributed by atoms with Crippen LogP contribution in [0.15, 0.2) is 42.7 Å². The molecule has 2 aromatic rings. The summed E-state index contributed by atoms with van der Waals surface area (Å²) in [6, 6.07) is 10.8. The lowest BCUT2D eigenvalue weighted by molar-refractivity contribution is 0.557. The van der Waals surface area contributed by atoms with E-state index < -0.39 is 0 Å². The average molecular weight is 255 g/mol. The number of hydrogen-bond acceptors (Lipinski definition) is 3. The molecule has 3 heteroatoms. The van der Waals surface area contributed by atoms with Crippen LogP contribution in [-0.4, -0.2) is 17.0 Å². The molecule has 0 saturated carbocycles. The predicted octanol–water partition coefficient (Wildman–Crippen LogP) is 3.10. The maximum atomic E-state index is 4.32. The molecule has 0 radical (unpaired) electrons. The summed E-state index contributed by atoms with van der Waals surface area (Å²) in [6.07, 6.45) is 4.47. The molecule has 2 rings (SSSR count). The van der Waals surface area contributed by atoms with Gasteiger partial charge in [0.2, 0.25) is 0 Å². The molecule has 0 aliphatic carbocycles. The maximum absolute atomic E-state index is 4.32. The van der Waals surface area contributed by atoms with E-state index in [1.807, 2.05) is 13.1 Å². The fourth-order valence-electron chi connectivity index (χ4n) is 2.09. The largest absolute Gasteiger partial charge is 0.310 e. The molecular weight excluding hydrogens is 234 g/mol. The van der Waals surface area contributed by atoms with E-state index in [2.05, 4.69) is 53.4 Å². The van der Waals surface area contributed by atoms with Crippen LogP contribution < -0.4 is 5.32 Å². The summed E-state index contributed by atoms with van der Waals surface area (Å²) in [7, 11) is 1.95. The van der Waals surface area contributed by atoms with Crippen molar-refractivity contribution in [2.45, 2.75) is 32.2 Å². The second-order valence-electron chi connectivity index (χ2n) is 5.05. The van der Waals surface area contributed by atoms with Crippen molar-refractivity contribution in [3.8, 4) is 0 Å². The van der Waals surface area contributed by atoms with E-state index in [4.69, 9.17) is 0 Å². The molecule has 0 amide bonds. The zero-order valence-electron chi connectivity index (χ0n) is 11.8. The number of hydrogen-bond donors (Lipinski definition) is 1.